The molecule has 1 N–H and O–H groups in total. The molecule has 0 bridgehead atoms. The fraction of sp³-hybridized carbons (Fsp3) is 1.00. The summed E-state index contributed by atoms with van der Waals surface area (Å²) in [4.78, 5) is 0. The number of rotatable bonds is 14. The molecule has 1 saturated heterocycles. The van der Waals surface area contributed by atoms with Crippen molar-refractivity contribution in [3.63, 3.8) is 0 Å². The highest BCUT2D eigenvalue weighted by Crippen LogP contribution is 2.32. The van der Waals surface area contributed by atoms with Crippen molar-refractivity contribution >= 4 is 0 Å². The van der Waals surface area contributed by atoms with E-state index in [1.54, 1.807) is 0 Å². The Morgan fingerprint density at radius 2 is 1.48 bits per heavy atom. The van der Waals surface area contributed by atoms with Crippen LogP contribution in [0.4, 0.5) is 0 Å². The lowest BCUT2D eigenvalue weighted by molar-refractivity contribution is 0.123. The molecular formula is C19H38O2. The average Bonchev–Trinajstić information content (AvgIpc) is 3.22. The van der Waals surface area contributed by atoms with Crippen LogP contribution >= 0.6 is 0 Å². The van der Waals surface area contributed by atoms with Crippen LogP contribution in [0.15, 0.2) is 0 Å². The maximum Gasteiger partial charge on any atom is 0.110 e. The topological polar surface area (TPSA) is 32.8 Å². The third kappa shape index (κ3) is 9.52. The molecule has 1 aliphatic heterocycles. The summed E-state index contributed by atoms with van der Waals surface area (Å²) in [5.41, 5.74) is 0. The largest absolute Gasteiger partial charge is 0.390 e. The first-order chi connectivity index (χ1) is 10.1. The summed E-state index contributed by atoms with van der Waals surface area (Å²) >= 11 is 0. The molecule has 1 heterocycles. The van der Waals surface area contributed by atoms with E-state index in [0.717, 1.165) is 25.2 Å². The van der Waals surface area contributed by atoms with Crippen molar-refractivity contribution in [3.05, 3.63) is 0 Å². The van der Waals surface area contributed by atoms with Gasteiger partial charge >= 0.3 is 0 Å². The smallest absolute Gasteiger partial charge is 0.110 e. The minimum atomic E-state index is -0.212. The highest BCUT2D eigenvalue weighted by atomic mass is 16.6. The van der Waals surface area contributed by atoms with Crippen molar-refractivity contribution in [2.45, 2.75) is 116 Å². The summed E-state index contributed by atoms with van der Waals surface area (Å²) in [5.74, 6) is 0.809. The zero-order valence-corrected chi connectivity index (χ0v) is 14.7. The Bertz CT molecular complexity index is 240. The lowest BCUT2D eigenvalue weighted by Gasteiger charge is -2.07. The summed E-state index contributed by atoms with van der Waals surface area (Å²) in [7, 11) is 0. The Labute approximate surface area is 132 Å². The van der Waals surface area contributed by atoms with Gasteiger partial charge in [-0.05, 0) is 18.8 Å². The average molecular weight is 299 g/mol. The maximum atomic E-state index is 10.1. The van der Waals surface area contributed by atoms with E-state index in [0.29, 0.717) is 6.10 Å². The number of epoxide rings is 1. The molecule has 0 amide bonds. The van der Waals surface area contributed by atoms with Gasteiger partial charge in [-0.25, -0.2) is 0 Å². The lowest BCUT2D eigenvalue weighted by Crippen LogP contribution is -2.16. The monoisotopic (exact) mass is 298 g/mol. The Morgan fingerprint density at radius 3 is 2.14 bits per heavy atom. The highest BCUT2D eigenvalue weighted by Gasteiger charge is 2.42. The van der Waals surface area contributed by atoms with Gasteiger partial charge in [0.15, 0.2) is 0 Å². The zero-order valence-electron chi connectivity index (χ0n) is 14.7. The van der Waals surface area contributed by atoms with Gasteiger partial charge in [0.2, 0.25) is 0 Å². The Balaban J connectivity index is 1.89. The summed E-state index contributed by atoms with van der Waals surface area (Å²) in [5, 5.41) is 10.1. The number of hydrogen-bond acceptors (Lipinski definition) is 2. The normalized spacial score (nSPS) is 22.7. The second-order valence-electron chi connectivity index (χ2n) is 7.29. The molecule has 0 spiro atoms. The van der Waals surface area contributed by atoms with Crippen molar-refractivity contribution in [2.24, 2.45) is 5.92 Å². The van der Waals surface area contributed by atoms with Crippen LogP contribution in [0, 0.1) is 5.92 Å². The van der Waals surface area contributed by atoms with Gasteiger partial charge in [0, 0.05) is 0 Å². The fourth-order valence-electron chi connectivity index (χ4n) is 3.10. The molecule has 2 nitrogen and oxygen atoms in total. The van der Waals surface area contributed by atoms with Crippen molar-refractivity contribution in [1.29, 1.82) is 0 Å². The number of aliphatic hydroxyl groups is 1. The minimum absolute atomic E-state index is 0.157. The SMILES string of the molecule is CCCCCCCCC[C@@H](O)[C@@H]1O[C@@H]1CCCCC(C)C. The molecule has 0 aromatic rings. The van der Waals surface area contributed by atoms with Gasteiger partial charge in [-0.3, -0.25) is 0 Å². The lowest BCUT2D eigenvalue weighted by atomic mass is 10.0. The standard InChI is InChI=1S/C19H38O2/c1-4-5-6-7-8-9-10-14-17(20)19-18(21-19)15-12-11-13-16(2)3/h16-20H,4-15H2,1-3H3/t17-,18-,19+/m1/s1. The predicted octanol–water partition coefficient (Wildman–Crippen LogP) is 5.47. The molecule has 21 heavy (non-hydrogen) atoms. The Kier molecular flexibility index (Phi) is 10.4. The summed E-state index contributed by atoms with van der Waals surface area (Å²) in [6, 6.07) is 0. The second kappa shape index (κ2) is 11.5. The van der Waals surface area contributed by atoms with Crippen LogP contribution in [0.5, 0.6) is 0 Å². The van der Waals surface area contributed by atoms with E-state index >= 15 is 0 Å². The van der Waals surface area contributed by atoms with Crippen LogP contribution < -0.4 is 0 Å². The molecule has 0 aromatic carbocycles. The van der Waals surface area contributed by atoms with Gasteiger partial charge < -0.3 is 9.84 Å². The molecule has 0 aromatic heterocycles. The first-order valence-corrected chi connectivity index (χ1v) is 9.48. The maximum absolute atomic E-state index is 10.1. The number of ether oxygens (including phenoxy) is 1. The molecule has 1 aliphatic rings. The van der Waals surface area contributed by atoms with Crippen LogP contribution in [0.1, 0.15) is 97.8 Å². The molecule has 0 aliphatic carbocycles. The number of unbranched alkanes of at least 4 members (excludes halogenated alkanes) is 7. The number of hydrogen-bond donors (Lipinski definition) is 1. The van der Waals surface area contributed by atoms with Crippen molar-refractivity contribution in [1.82, 2.24) is 0 Å². The molecule has 0 unspecified atom stereocenters. The van der Waals surface area contributed by atoms with E-state index < -0.39 is 0 Å². The van der Waals surface area contributed by atoms with Gasteiger partial charge in [0.05, 0.1) is 12.2 Å². The van der Waals surface area contributed by atoms with Crippen molar-refractivity contribution < 1.29 is 9.84 Å². The third-order valence-electron chi connectivity index (χ3n) is 4.62. The van der Waals surface area contributed by atoms with E-state index in [-0.39, 0.29) is 12.2 Å². The first kappa shape index (κ1) is 19.0. The van der Waals surface area contributed by atoms with E-state index in [2.05, 4.69) is 20.8 Å². The third-order valence-corrected chi connectivity index (χ3v) is 4.62. The number of aliphatic hydroxyl groups excluding tert-OH is 1. The van der Waals surface area contributed by atoms with Gasteiger partial charge in [0.25, 0.3) is 0 Å². The Morgan fingerprint density at radius 1 is 0.857 bits per heavy atom. The van der Waals surface area contributed by atoms with E-state index in [9.17, 15) is 5.11 Å². The fourth-order valence-corrected chi connectivity index (χ4v) is 3.10. The molecule has 2 heteroatoms. The van der Waals surface area contributed by atoms with Crippen LogP contribution in [-0.4, -0.2) is 23.4 Å². The van der Waals surface area contributed by atoms with Crippen LogP contribution in [0.2, 0.25) is 0 Å². The van der Waals surface area contributed by atoms with Gasteiger partial charge in [0.1, 0.15) is 6.10 Å². The minimum Gasteiger partial charge on any atom is -0.390 e. The molecule has 3 atom stereocenters. The van der Waals surface area contributed by atoms with Crippen molar-refractivity contribution in [3.8, 4) is 0 Å². The Hall–Kier alpha value is -0.0800. The molecule has 1 rings (SSSR count). The predicted molar refractivity (Wildman–Crippen MR) is 90.6 cm³/mol. The quantitative estimate of drug-likeness (QED) is 0.340. The summed E-state index contributed by atoms with van der Waals surface area (Å²) < 4.78 is 5.65. The first-order valence-electron chi connectivity index (χ1n) is 9.48. The second-order valence-corrected chi connectivity index (χ2v) is 7.29. The van der Waals surface area contributed by atoms with Gasteiger partial charge in [-0.2, -0.15) is 0 Å². The molecule has 126 valence electrons. The molecule has 1 fully saturated rings. The summed E-state index contributed by atoms with van der Waals surface area (Å²) in [6.07, 6.45) is 15.4. The van der Waals surface area contributed by atoms with E-state index in [4.69, 9.17) is 4.74 Å². The van der Waals surface area contributed by atoms with Gasteiger partial charge in [-0.1, -0.05) is 85.0 Å². The van der Waals surface area contributed by atoms with Crippen LogP contribution in [0.25, 0.3) is 0 Å². The van der Waals surface area contributed by atoms with Crippen LogP contribution in [0.3, 0.4) is 0 Å². The molecule has 0 saturated carbocycles. The molecule has 0 radical (unpaired) electrons. The van der Waals surface area contributed by atoms with E-state index in [1.165, 1.54) is 57.8 Å². The highest BCUT2D eigenvalue weighted by molar-refractivity contribution is 4.90. The summed E-state index contributed by atoms with van der Waals surface area (Å²) in [6.45, 7) is 6.82. The van der Waals surface area contributed by atoms with Crippen LogP contribution in [-0.2, 0) is 4.74 Å². The zero-order chi connectivity index (χ0) is 15.5. The molecular weight excluding hydrogens is 260 g/mol. The van der Waals surface area contributed by atoms with Gasteiger partial charge in [-0.15, -0.1) is 0 Å². The van der Waals surface area contributed by atoms with Crippen molar-refractivity contribution in [2.75, 3.05) is 0 Å². The van der Waals surface area contributed by atoms with E-state index in [1.807, 2.05) is 0 Å².